The van der Waals surface area contributed by atoms with Crippen molar-refractivity contribution < 1.29 is 17.9 Å². The zero-order chi connectivity index (χ0) is 12.4. The molecule has 0 amide bonds. The molecular weight excluding hydrogens is 241 g/mol. The molecule has 0 spiro atoms. The highest BCUT2D eigenvalue weighted by molar-refractivity contribution is 6.18. The Morgan fingerprint density at radius 3 is 2.38 bits per heavy atom. The average molecular weight is 253 g/mol. The van der Waals surface area contributed by atoms with Crippen molar-refractivity contribution in [2.45, 2.75) is 25.6 Å². The minimum Gasteiger partial charge on any atom is -0.487 e. The molecule has 0 N–H and O–H groups in total. The SMILES string of the molecule is CC(C)(CCl)Oc1cccc(C(F)(F)F)c1. The van der Waals surface area contributed by atoms with Crippen LogP contribution in [0.2, 0.25) is 0 Å². The van der Waals surface area contributed by atoms with Crippen LogP contribution >= 0.6 is 11.6 Å². The first-order chi connectivity index (χ1) is 7.24. The van der Waals surface area contributed by atoms with Crippen molar-refractivity contribution in [2.75, 3.05) is 5.88 Å². The molecule has 0 radical (unpaired) electrons. The standard InChI is InChI=1S/C11H12ClF3O/c1-10(2,7-12)16-9-5-3-4-8(6-9)11(13,14)15/h3-6H,7H2,1-2H3. The third kappa shape index (κ3) is 3.59. The maximum Gasteiger partial charge on any atom is 0.416 e. The summed E-state index contributed by atoms with van der Waals surface area (Å²) in [5.74, 6) is 0.365. The Labute approximate surface area is 97.2 Å². The van der Waals surface area contributed by atoms with Crippen LogP contribution in [0, 0.1) is 0 Å². The molecule has 0 aliphatic rings. The summed E-state index contributed by atoms with van der Waals surface area (Å²) >= 11 is 5.63. The van der Waals surface area contributed by atoms with Gasteiger partial charge in [0.25, 0.3) is 0 Å². The molecule has 1 aromatic carbocycles. The topological polar surface area (TPSA) is 9.23 Å². The van der Waals surface area contributed by atoms with E-state index in [-0.39, 0.29) is 11.6 Å². The summed E-state index contributed by atoms with van der Waals surface area (Å²) in [6, 6.07) is 4.75. The quantitative estimate of drug-likeness (QED) is 0.736. The van der Waals surface area contributed by atoms with Gasteiger partial charge >= 0.3 is 6.18 Å². The maximum atomic E-state index is 12.4. The van der Waals surface area contributed by atoms with Crippen molar-refractivity contribution in [3.8, 4) is 5.75 Å². The Balaban J connectivity index is 2.92. The predicted octanol–water partition coefficient (Wildman–Crippen LogP) is 4.10. The Kier molecular flexibility index (Phi) is 3.73. The Bertz CT molecular complexity index is 360. The van der Waals surface area contributed by atoms with E-state index in [0.717, 1.165) is 12.1 Å². The first-order valence-corrected chi connectivity index (χ1v) is 5.20. The molecule has 1 rings (SSSR count). The van der Waals surface area contributed by atoms with Crippen molar-refractivity contribution in [2.24, 2.45) is 0 Å². The summed E-state index contributed by atoms with van der Waals surface area (Å²) < 4.78 is 42.6. The van der Waals surface area contributed by atoms with E-state index in [1.54, 1.807) is 13.8 Å². The molecule has 1 nitrogen and oxygen atoms in total. The van der Waals surface area contributed by atoms with E-state index in [4.69, 9.17) is 16.3 Å². The number of ether oxygens (including phenoxy) is 1. The molecule has 1 aromatic rings. The van der Waals surface area contributed by atoms with Crippen LogP contribution in [0.15, 0.2) is 24.3 Å². The second kappa shape index (κ2) is 4.53. The lowest BCUT2D eigenvalue weighted by Crippen LogP contribution is -2.30. The third-order valence-electron chi connectivity index (χ3n) is 1.88. The van der Waals surface area contributed by atoms with E-state index < -0.39 is 17.3 Å². The molecule has 90 valence electrons. The van der Waals surface area contributed by atoms with Crippen LogP contribution in [0.5, 0.6) is 5.75 Å². The molecular formula is C11H12ClF3O. The van der Waals surface area contributed by atoms with E-state index >= 15 is 0 Å². The number of benzene rings is 1. The van der Waals surface area contributed by atoms with Crippen LogP contribution < -0.4 is 4.74 Å². The molecule has 0 unspecified atom stereocenters. The minimum atomic E-state index is -4.36. The van der Waals surface area contributed by atoms with Gasteiger partial charge in [-0.25, -0.2) is 0 Å². The van der Waals surface area contributed by atoms with Gasteiger partial charge in [0.15, 0.2) is 0 Å². The number of hydrogen-bond donors (Lipinski definition) is 0. The van der Waals surface area contributed by atoms with Gasteiger partial charge in [0, 0.05) is 0 Å². The molecule has 0 saturated carbocycles. The highest BCUT2D eigenvalue weighted by Crippen LogP contribution is 2.32. The number of alkyl halides is 4. The molecule has 0 aromatic heterocycles. The lowest BCUT2D eigenvalue weighted by atomic mass is 10.1. The Hall–Kier alpha value is -0.900. The van der Waals surface area contributed by atoms with Gasteiger partial charge in [-0.05, 0) is 32.0 Å². The predicted molar refractivity (Wildman–Crippen MR) is 56.9 cm³/mol. The molecule has 0 aliphatic heterocycles. The van der Waals surface area contributed by atoms with E-state index in [9.17, 15) is 13.2 Å². The molecule has 0 bridgehead atoms. The van der Waals surface area contributed by atoms with Crippen LogP contribution in [0.4, 0.5) is 13.2 Å². The normalized spacial score (nSPS) is 12.6. The zero-order valence-electron chi connectivity index (χ0n) is 8.94. The fourth-order valence-corrected chi connectivity index (χ4v) is 1.14. The van der Waals surface area contributed by atoms with Crippen LogP contribution in [0.1, 0.15) is 19.4 Å². The number of rotatable bonds is 3. The molecule has 0 atom stereocenters. The molecule has 0 saturated heterocycles. The van der Waals surface area contributed by atoms with Gasteiger partial charge in [-0.2, -0.15) is 13.2 Å². The fourth-order valence-electron chi connectivity index (χ4n) is 1.08. The summed E-state index contributed by atoms with van der Waals surface area (Å²) in [5, 5.41) is 0. The number of hydrogen-bond acceptors (Lipinski definition) is 1. The van der Waals surface area contributed by atoms with Crippen LogP contribution in [-0.4, -0.2) is 11.5 Å². The van der Waals surface area contributed by atoms with Crippen molar-refractivity contribution >= 4 is 11.6 Å². The van der Waals surface area contributed by atoms with Crippen LogP contribution in [0.3, 0.4) is 0 Å². The summed E-state index contributed by atoms with van der Waals surface area (Å²) in [6.07, 6.45) is -4.36. The van der Waals surface area contributed by atoms with Gasteiger partial charge in [0.1, 0.15) is 11.4 Å². The van der Waals surface area contributed by atoms with E-state index in [2.05, 4.69) is 0 Å². The van der Waals surface area contributed by atoms with Gasteiger partial charge in [0.2, 0.25) is 0 Å². The maximum absolute atomic E-state index is 12.4. The molecule has 0 aliphatic carbocycles. The molecule has 0 heterocycles. The van der Waals surface area contributed by atoms with Crippen molar-refractivity contribution in [3.05, 3.63) is 29.8 Å². The van der Waals surface area contributed by atoms with Crippen molar-refractivity contribution in [3.63, 3.8) is 0 Å². The van der Waals surface area contributed by atoms with E-state index in [1.807, 2.05) is 0 Å². The van der Waals surface area contributed by atoms with Gasteiger partial charge < -0.3 is 4.74 Å². The minimum absolute atomic E-state index is 0.167. The van der Waals surface area contributed by atoms with Crippen LogP contribution in [0.25, 0.3) is 0 Å². The van der Waals surface area contributed by atoms with Gasteiger partial charge in [-0.1, -0.05) is 6.07 Å². The van der Waals surface area contributed by atoms with E-state index in [0.29, 0.717) is 0 Å². The first kappa shape index (κ1) is 13.2. The molecule has 16 heavy (non-hydrogen) atoms. The highest BCUT2D eigenvalue weighted by atomic mass is 35.5. The number of halogens is 4. The zero-order valence-corrected chi connectivity index (χ0v) is 9.69. The lowest BCUT2D eigenvalue weighted by molar-refractivity contribution is -0.137. The van der Waals surface area contributed by atoms with Crippen LogP contribution in [-0.2, 0) is 6.18 Å². The Morgan fingerprint density at radius 1 is 1.25 bits per heavy atom. The van der Waals surface area contributed by atoms with E-state index in [1.165, 1.54) is 12.1 Å². The molecule has 0 fully saturated rings. The summed E-state index contributed by atoms with van der Waals surface area (Å²) in [4.78, 5) is 0. The fraction of sp³-hybridized carbons (Fsp3) is 0.455. The average Bonchev–Trinajstić information content (AvgIpc) is 2.16. The summed E-state index contributed by atoms with van der Waals surface area (Å²) in [6.45, 7) is 3.42. The highest BCUT2D eigenvalue weighted by Gasteiger charge is 2.31. The second-order valence-corrected chi connectivity index (χ2v) is 4.29. The van der Waals surface area contributed by atoms with Crippen molar-refractivity contribution in [1.29, 1.82) is 0 Å². The Morgan fingerprint density at radius 2 is 1.88 bits per heavy atom. The smallest absolute Gasteiger partial charge is 0.416 e. The third-order valence-corrected chi connectivity index (χ3v) is 2.52. The van der Waals surface area contributed by atoms with Gasteiger partial charge in [0.05, 0.1) is 11.4 Å². The molecule has 5 heteroatoms. The second-order valence-electron chi connectivity index (χ2n) is 4.02. The largest absolute Gasteiger partial charge is 0.487 e. The first-order valence-electron chi connectivity index (χ1n) is 4.67. The van der Waals surface area contributed by atoms with Gasteiger partial charge in [-0.15, -0.1) is 11.6 Å². The summed E-state index contributed by atoms with van der Waals surface area (Å²) in [7, 11) is 0. The lowest BCUT2D eigenvalue weighted by Gasteiger charge is -2.24. The van der Waals surface area contributed by atoms with Crippen molar-refractivity contribution in [1.82, 2.24) is 0 Å². The monoisotopic (exact) mass is 252 g/mol. The van der Waals surface area contributed by atoms with Gasteiger partial charge in [-0.3, -0.25) is 0 Å². The summed E-state index contributed by atoms with van der Waals surface area (Å²) in [5.41, 5.74) is -1.42.